The number of rotatable bonds is 6. The minimum atomic E-state index is -3.82. The molecule has 3 rings (SSSR count). The van der Waals surface area contributed by atoms with Crippen molar-refractivity contribution in [3.8, 4) is 0 Å². The number of nitrogens with zero attached hydrogens (tertiary/aromatic N) is 1. The number of carbonyl (C=O) groups is 1. The summed E-state index contributed by atoms with van der Waals surface area (Å²) in [4.78, 5) is 27.0. The molecule has 0 aliphatic carbocycles. The zero-order valence-electron chi connectivity index (χ0n) is 13.9. The van der Waals surface area contributed by atoms with E-state index in [1.165, 1.54) is 42.6 Å². The SMILES string of the molecule is CN(CC(=O)NCc1cccs1)S(=O)(=O)c1ccc2[nH]c(=O)ccc2c1. The lowest BCUT2D eigenvalue weighted by Crippen LogP contribution is -2.38. The number of sulfonamides is 1. The van der Waals surface area contributed by atoms with E-state index in [9.17, 15) is 18.0 Å². The molecule has 3 aromatic rings. The molecule has 9 heteroatoms. The first kappa shape index (κ1) is 18.3. The Hall–Kier alpha value is -2.49. The molecule has 0 radical (unpaired) electrons. The summed E-state index contributed by atoms with van der Waals surface area (Å²) in [7, 11) is -2.47. The summed E-state index contributed by atoms with van der Waals surface area (Å²) in [5.41, 5.74) is 0.292. The summed E-state index contributed by atoms with van der Waals surface area (Å²) >= 11 is 1.52. The van der Waals surface area contributed by atoms with Gasteiger partial charge < -0.3 is 10.3 Å². The van der Waals surface area contributed by atoms with Crippen LogP contribution < -0.4 is 10.9 Å². The van der Waals surface area contributed by atoms with Crippen LogP contribution in [0.25, 0.3) is 10.9 Å². The van der Waals surface area contributed by atoms with E-state index < -0.39 is 10.0 Å². The molecule has 0 aliphatic rings. The van der Waals surface area contributed by atoms with E-state index in [0.717, 1.165) is 9.18 Å². The van der Waals surface area contributed by atoms with Gasteiger partial charge in [-0.05, 0) is 41.1 Å². The number of likely N-dealkylation sites (N-methyl/N-ethyl adjacent to an activating group) is 1. The summed E-state index contributed by atoms with van der Waals surface area (Å²) in [6, 6.07) is 11.1. The topological polar surface area (TPSA) is 99.3 Å². The fraction of sp³-hybridized carbons (Fsp3) is 0.176. The Kier molecular flexibility index (Phi) is 5.21. The molecule has 0 fully saturated rings. The maximum Gasteiger partial charge on any atom is 0.248 e. The number of benzene rings is 1. The van der Waals surface area contributed by atoms with E-state index in [4.69, 9.17) is 0 Å². The van der Waals surface area contributed by atoms with E-state index in [1.807, 2.05) is 17.5 Å². The molecule has 2 aromatic heterocycles. The third-order valence-electron chi connectivity index (χ3n) is 3.81. The highest BCUT2D eigenvalue weighted by molar-refractivity contribution is 7.89. The third kappa shape index (κ3) is 4.01. The van der Waals surface area contributed by atoms with E-state index in [2.05, 4.69) is 10.3 Å². The summed E-state index contributed by atoms with van der Waals surface area (Å²) in [5.74, 6) is -0.380. The number of nitrogens with one attached hydrogen (secondary N) is 2. The van der Waals surface area contributed by atoms with Gasteiger partial charge in [-0.15, -0.1) is 11.3 Å². The molecule has 0 bridgehead atoms. The van der Waals surface area contributed by atoms with Crippen molar-refractivity contribution in [3.05, 3.63) is 63.1 Å². The number of H-pyrrole nitrogens is 1. The maximum absolute atomic E-state index is 12.7. The van der Waals surface area contributed by atoms with Crippen LogP contribution in [0, 0.1) is 0 Å². The lowest BCUT2D eigenvalue weighted by Gasteiger charge is -2.17. The fourth-order valence-corrected chi connectivity index (χ4v) is 4.22. The van der Waals surface area contributed by atoms with Crippen molar-refractivity contribution >= 4 is 38.2 Å². The van der Waals surface area contributed by atoms with Gasteiger partial charge in [0.05, 0.1) is 18.0 Å². The molecule has 2 heterocycles. The number of fused-ring (bicyclic) bond motifs is 1. The van der Waals surface area contributed by atoms with Crippen LogP contribution in [0.15, 0.2) is 57.5 Å². The highest BCUT2D eigenvalue weighted by Gasteiger charge is 2.23. The Morgan fingerprint density at radius 1 is 1.23 bits per heavy atom. The molecule has 0 atom stereocenters. The Balaban J connectivity index is 1.73. The second-order valence-electron chi connectivity index (χ2n) is 5.69. The zero-order valence-corrected chi connectivity index (χ0v) is 15.6. The standard InChI is InChI=1S/C17H17N3O4S2/c1-20(11-17(22)18-10-13-3-2-8-25-13)26(23,24)14-5-6-15-12(9-14)4-7-16(21)19-15/h2-9H,10-11H2,1H3,(H,18,22)(H,19,21). The van der Waals surface area contributed by atoms with E-state index >= 15 is 0 Å². The average Bonchev–Trinajstić information content (AvgIpc) is 3.13. The van der Waals surface area contributed by atoms with Crippen LogP contribution in [0.3, 0.4) is 0 Å². The van der Waals surface area contributed by atoms with Gasteiger partial charge in [-0.1, -0.05) is 6.07 Å². The second-order valence-corrected chi connectivity index (χ2v) is 8.77. The number of thiophene rings is 1. The number of pyridine rings is 1. The number of amides is 1. The third-order valence-corrected chi connectivity index (χ3v) is 6.49. The lowest BCUT2D eigenvalue weighted by molar-refractivity contribution is -0.121. The summed E-state index contributed by atoms with van der Waals surface area (Å²) < 4.78 is 26.4. The van der Waals surface area contributed by atoms with Crippen molar-refractivity contribution in [1.82, 2.24) is 14.6 Å². The van der Waals surface area contributed by atoms with Gasteiger partial charge >= 0.3 is 0 Å². The predicted octanol–water partition coefficient (Wildman–Crippen LogP) is 1.53. The van der Waals surface area contributed by atoms with Gasteiger partial charge in [-0.25, -0.2) is 8.42 Å². The molecule has 0 spiro atoms. The Morgan fingerprint density at radius 3 is 2.77 bits per heavy atom. The first-order chi connectivity index (χ1) is 12.4. The number of carbonyl (C=O) groups excluding carboxylic acids is 1. The lowest BCUT2D eigenvalue weighted by atomic mass is 10.2. The summed E-state index contributed by atoms with van der Waals surface area (Å²) in [6.07, 6.45) is 0. The van der Waals surface area contributed by atoms with Crippen molar-refractivity contribution in [1.29, 1.82) is 0 Å². The van der Waals surface area contributed by atoms with Crippen molar-refractivity contribution in [2.75, 3.05) is 13.6 Å². The molecular formula is C17H17N3O4S2. The average molecular weight is 391 g/mol. The first-order valence-electron chi connectivity index (χ1n) is 7.75. The molecular weight excluding hydrogens is 374 g/mol. The number of aromatic amines is 1. The Morgan fingerprint density at radius 2 is 2.04 bits per heavy atom. The molecule has 0 saturated heterocycles. The minimum absolute atomic E-state index is 0.0607. The predicted molar refractivity (Wildman–Crippen MR) is 101 cm³/mol. The van der Waals surface area contributed by atoms with Crippen LogP contribution >= 0.6 is 11.3 Å². The van der Waals surface area contributed by atoms with Crippen LogP contribution in [-0.4, -0.2) is 37.2 Å². The molecule has 136 valence electrons. The second kappa shape index (κ2) is 7.40. The molecule has 7 nitrogen and oxygen atoms in total. The molecule has 26 heavy (non-hydrogen) atoms. The molecule has 1 aromatic carbocycles. The zero-order chi connectivity index (χ0) is 18.7. The fourth-order valence-electron chi connectivity index (χ4n) is 2.41. The van der Waals surface area contributed by atoms with Gasteiger partial charge in [0.15, 0.2) is 0 Å². The minimum Gasteiger partial charge on any atom is -0.350 e. The Bertz CT molecular complexity index is 1090. The van der Waals surface area contributed by atoms with Crippen LogP contribution in [0.5, 0.6) is 0 Å². The van der Waals surface area contributed by atoms with Gasteiger partial charge in [0.2, 0.25) is 21.5 Å². The first-order valence-corrected chi connectivity index (χ1v) is 10.1. The Labute approximate surface area is 154 Å². The quantitative estimate of drug-likeness (QED) is 0.666. The van der Waals surface area contributed by atoms with Crippen molar-refractivity contribution in [2.24, 2.45) is 0 Å². The molecule has 1 amide bonds. The molecule has 0 aliphatic heterocycles. The van der Waals surface area contributed by atoms with E-state index in [-0.39, 0.29) is 22.9 Å². The molecule has 0 unspecified atom stereocenters. The van der Waals surface area contributed by atoms with Crippen molar-refractivity contribution in [3.63, 3.8) is 0 Å². The normalized spacial score (nSPS) is 11.8. The number of hydrogen-bond acceptors (Lipinski definition) is 5. The smallest absolute Gasteiger partial charge is 0.248 e. The van der Waals surface area contributed by atoms with E-state index in [1.54, 1.807) is 6.07 Å². The van der Waals surface area contributed by atoms with Gasteiger partial charge in [0.25, 0.3) is 0 Å². The van der Waals surface area contributed by atoms with E-state index in [0.29, 0.717) is 17.4 Å². The van der Waals surface area contributed by atoms with Crippen LogP contribution in [0.4, 0.5) is 0 Å². The summed E-state index contributed by atoms with van der Waals surface area (Å²) in [6.45, 7) is 0.0884. The van der Waals surface area contributed by atoms with Gasteiger partial charge in [-0.2, -0.15) is 4.31 Å². The van der Waals surface area contributed by atoms with Crippen LogP contribution in [-0.2, 0) is 21.4 Å². The molecule has 2 N–H and O–H groups in total. The van der Waals surface area contributed by atoms with Crippen LogP contribution in [0.1, 0.15) is 4.88 Å². The maximum atomic E-state index is 12.7. The summed E-state index contributed by atoms with van der Waals surface area (Å²) in [5, 5.41) is 5.21. The highest BCUT2D eigenvalue weighted by atomic mass is 32.2. The van der Waals surface area contributed by atoms with Crippen LogP contribution in [0.2, 0.25) is 0 Å². The van der Waals surface area contributed by atoms with Gasteiger partial charge in [0.1, 0.15) is 0 Å². The van der Waals surface area contributed by atoms with Gasteiger partial charge in [-0.3, -0.25) is 9.59 Å². The van der Waals surface area contributed by atoms with Crippen molar-refractivity contribution in [2.45, 2.75) is 11.4 Å². The largest absolute Gasteiger partial charge is 0.350 e. The van der Waals surface area contributed by atoms with Gasteiger partial charge in [0, 0.05) is 23.5 Å². The van der Waals surface area contributed by atoms with Crippen molar-refractivity contribution < 1.29 is 13.2 Å². The monoisotopic (exact) mass is 391 g/mol. The number of hydrogen-bond donors (Lipinski definition) is 2. The molecule has 0 saturated carbocycles. The highest BCUT2D eigenvalue weighted by Crippen LogP contribution is 2.19. The number of aromatic nitrogens is 1.